The molecule has 1 atom stereocenters. The molecule has 0 aliphatic heterocycles. The van der Waals surface area contributed by atoms with Gasteiger partial charge in [-0.3, -0.25) is 4.99 Å². The van der Waals surface area contributed by atoms with Crippen LogP contribution in [0.1, 0.15) is 53.0 Å². The lowest BCUT2D eigenvalue weighted by Gasteiger charge is -2.27. The van der Waals surface area contributed by atoms with Crippen LogP contribution in [0.15, 0.2) is 35.3 Å². The number of nitrogens with one attached hydrogen (secondary N) is 2. The number of benzene rings is 1. The highest BCUT2D eigenvalue weighted by molar-refractivity contribution is 5.80. The molecule has 0 aromatic heterocycles. The van der Waals surface area contributed by atoms with E-state index in [4.69, 9.17) is 0 Å². The van der Waals surface area contributed by atoms with Crippen LogP contribution in [-0.4, -0.2) is 50.1 Å². The van der Waals surface area contributed by atoms with E-state index in [-0.39, 0.29) is 5.41 Å². The Morgan fingerprint density at radius 2 is 1.80 bits per heavy atom. The predicted octanol–water partition coefficient (Wildman–Crippen LogP) is 3.64. The fourth-order valence-corrected chi connectivity index (χ4v) is 2.96. The van der Waals surface area contributed by atoms with Crippen molar-refractivity contribution in [3.63, 3.8) is 0 Å². The molecule has 142 valence electrons. The highest BCUT2D eigenvalue weighted by Crippen LogP contribution is 2.21. The van der Waals surface area contributed by atoms with Crippen molar-refractivity contribution in [1.82, 2.24) is 15.5 Å². The molecule has 0 aliphatic rings. The van der Waals surface area contributed by atoms with Crippen molar-refractivity contribution in [3.05, 3.63) is 35.9 Å². The summed E-state index contributed by atoms with van der Waals surface area (Å²) in [6.07, 6.45) is 2.36. The zero-order chi connectivity index (χ0) is 18.7. The number of rotatable bonds is 10. The van der Waals surface area contributed by atoms with Gasteiger partial charge in [0.2, 0.25) is 0 Å². The lowest BCUT2D eigenvalue weighted by Crippen LogP contribution is -2.46. The van der Waals surface area contributed by atoms with Crippen LogP contribution in [0.3, 0.4) is 0 Å². The van der Waals surface area contributed by atoms with E-state index < -0.39 is 0 Å². The van der Waals surface area contributed by atoms with Crippen molar-refractivity contribution in [2.75, 3.05) is 33.2 Å². The van der Waals surface area contributed by atoms with Gasteiger partial charge in [-0.15, -0.1) is 0 Å². The predicted molar refractivity (Wildman–Crippen MR) is 110 cm³/mol. The third kappa shape index (κ3) is 7.91. The minimum Gasteiger partial charge on any atom is -0.356 e. The first-order chi connectivity index (χ1) is 11.9. The molecule has 0 saturated carbocycles. The zero-order valence-corrected chi connectivity index (χ0v) is 17.1. The molecule has 0 bridgehead atoms. The smallest absolute Gasteiger partial charge is 0.191 e. The third-order valence-corrected chi connectivity index (χ3v) is 4.87. The molecule has 4 nitrogen and oxygen atoms in total. The highest BCUT2D eigenvalue weighted by Gasteiger charge is 2.20. The first-order valence-corrected chi connectivity index (χ1v) is 9.68. The summed E-state index contributed by atoms with van der Waals surface area (Å²) in [5.74, 6) is 0.888. The molecule has 1 unspecified atom stereocenters. The normalized spacial score (nSPS) is 13.8. The summed E-state index contributed by atoms with van der Waals surface area (Å²) in [7, 11) is 1.84. The van der Waals surface area contributed by atoms with Gasteiger partial charge in [-0.1, -0.05) is 58.0 Å². The summed E-state index contributed by atoms with van der Waals surface area (Å²) in [5.41, 5.74) is 1.40. The Balaban J connectivity index is 2.41. The van der Waals surface area contributed by atoms with Gasteiger partial charge < -0.3 is 15.5 Å². The second-order valence-electron chi connectivity index (χ2n) is 7.39. The zero-order valence-electron chi connectivity index (χ0n) is 17.1. The molecule has 1 rings (SSSR count). The second-order valence-corrected chi connectivity index (χ2v) is 7.39. The van der Waals surface area contributed by atoms with Crippen LogP contribution < -0.4 is 10.6 Å². The van der Waals surface area contributed by atoms with E-state index in [0.717, 1.165) is 32.0 Å². The van der Waals surface area contributed by atoms with Crippen LogP contribution in [0.4, 0.5) is 0 Å². The van der Waals surface area contributed by atoms with E-state index in [1.54, 1.807) is 0 Å². The molecule has 0 aliphatic carbocycles. The van der Waals surface area contributed by atoms with Crippen LogP contribution in [0.2, 0.25) is 0 Å². The monoisotopic (exact) mass is 346 g/mol. The fraction of sp³-hybridized carbons (Fsp3) is 0.667. The standard InChI is InChI=1S/C21H38N4/c1-7-25(8-2)16-12-13-18(3)24-20(22-6)23-17-21(4,5)19-14-10-9-11-15-19/h9-11,14-15,18H,7-8,12-13,16-17H2,1-6H3,(H2,22,23,24). The molecule has 0 radical (unpaired) electrons. The second kappa shape index (κ2) is 11.1. The molecule has 0 heterocycles. The lowest BCUT2D eigenvalue weighted by atomic mass is 9.85. The van der Waals surface area contributed by atoms with E-state index in [2.05, 4.69) is 85.5 Å². The fourth-order valence-electron chi connectivity index (χ4n) is 2.96. The van der Waals surface area contributed by atoms with Crippen LogP contribution in [0.5, 0.6) is 0 Å². The Kier molecular flexibility index (Phi) is 9.58. The number of hydrogen-bond donors (Lipinski definition) is 2. The number of aliphatic imine (C=N–C) groups is 1. The lowest BCUT2D eigenvalue weighted by molar-refractivity contribution is 0.292. The quantitative estimate of drug-likeness (QED) is 0.502. The summed E-state index contributed by atoms with van der Waals surface area (Å²) in [6.45, 7) is 15.5. The molecule has 2 N–H and O–H groups in total. The van der Waals surface area contributed by atoms with Crippen molar-refractivity contribution < 1.29 is 0 Å². The Morgan fingerprint density at radius 1 is 1.16 bits per heavy atom. The molecule has 1 aromatic rings. The van der Waals surface area contributed by atoms with E-state index >= 15 is 0 Å². The Bertz CT molecular complexity index is 492. The average molecular weight is 347 g/mol. The van der Waals surface area contributed by atoms with Gasteiger partial charge in [-0.05, 0) is 45.0 Å². The summed E-state index contributed by atoms with van der Waals surface area (Å²) in [6, 6.07) is 11.1. The molecule has 4 heteroatoms. The largest absolute Gasteiger partial charge is 0.356 e. The molecule has 25 heavy (non-hydrogen) atoms. The van der Waals surface area contributed by atoms with Crippen LogP contribution >= 0.6 is 0 Å². The number of nitrogens with zero attached hydrogens (tertiary/aromatic N) is 2. The molecule has 0 spiro atoms. The van der Waals surface area contributed by atoms with Crippen LogP contribution in [-0.2, 0) is 5.41 Å². The first kappa shape index (κ1) is 21.5. The van der Waals surface area contributed by atoms with Gasteiger partial charge in [0.25, 0.3) is 0 Å². The number of guanidine groups is 1. The van der Waals surface area contributed by atoms with Gasteiger partial charge in [-0.2, -0.15) is 0 Å². The van der Waals surface area contributed by atoms with Crippen LogP contribution in [0.25, 0.3) is 0 Å². The average Bonchev–Trinajstić information content (AvgIpc) is 2.63. The van der Waals surface area contributed by atoms with Gasteiger partial charge >= 0.3 is 0 Å². The van der Waals surface area contributed by atoms with Gasteiger partial charge in [0, 0.05) is 25.0 Å². The van der Waals surface area contributed by atoms with Gasteiger partial charge in [-0.25, -0.2) is 0 Å². The van der Waals surface area contributed by atoms with E-state index in [1.165, 1.54) is 18.5 Å². The Labute approximate surface area is 155 Å². The van der Waals surface area contributed by atoms with Crippen molar-refractivity contribution in [1.29, 1.82) is 0 Å². The Hall–Kier alpha value is -1.55. The summed E-state index contributed by atoms with van der Waals surface area (Å²) in [4.78, 5) is 6.86. The maximum absolute atomic E-state index is 4.38. The van der Waals surface area contributed by atoms with Gasteiger partial charge in [0.05, 0.1) is 0 Å². The van der Waals surface area contributed by atoms with E-state index in [9.17, 15) is 0 Å². The minimum absolute atomic E-state index is 0.0604. The molecule has 0 fully saturated rings. The van der Waals surface area contributed by atoms with Crippen LogP contribution in [0, 0.1) is 0 Å². The Morgan fingerprint density at radius 3 is 2.36 bits per heavy atom. The molecule has 0 amide bonds. The molecule has 1 aromatic carbocycles. The van der Waals surface area contributed by atoms with Crippen molar-refractivity contribution >= 4 is 5.96 Å². The molecular weight excluding hydrogens is 308 g/mol. The maximum Gasteiger partial charge on any atom is 0.191 e. The highest BCUT2D eigenvalue weighted by atomic mass is 15.2. The number of hydrogen-bond acceptors (Lipinski definition) is 2. The topological polar surface area (TPSA) is 39.7 Å². The SMILES string of the molecule is CCN(CC)CCCC(C)NC(=NC)NCC(C)(C)c1ccccc1. The van der Waals surface area contributed by atoms with E-state index in [1.807, 2.05) is 7.05 Å². The molecular formula is C21H38N4. The minimum atomic E-state index is 0.0604. The van der Waals surface area contributed by atoms with E-state index in [0.29, 0.717) is 6.04 Å². The first-order valence-electron chi connectivity index (χ1n) is 9.68. The maximum atomic E-state index is 4.38. The summed E-state index contributed by atoms with van der Waals surface area (Å²) < 4.78 is 0. The van der Waals surface area contributed by atoms with Crippen molar-refractivity contribution in [2.24, 2.45) is 4.99 Å². The molecule has 0 saturated heterocycles. The van der Waals surface area contributed by atoms with Gasteiger partial charge in [0.1, 0.15) is 0 Å². The van der Waals surface area contributed by atoms with Crippen molar-refractivity contribution in [3.8, 4) is 0 Å². The summed E-state index contributed by atoms with van der Waals surface area (Å²) in [5, 5.41) is 7.01. The van der Waals surface area contributed by atoms with Gasteiger partial charge in [0.15, 0.2) is 5.96 Å². The van der Waals surface area contributed by atoms with Crippen molar-refractivity contribution in [2.45, 2.75) is 58.9 Å². The third-order valence-electron chi connectivity index (χ3n) is 4.87. The summed E-state index contributed by atoms with van der Waals surface area (Å²) >= 11 is 0.